The zero-order chi connectivity index (χ0) is 20.1. The molecule has 0 aliphatic heterocycles. The molecule has 0 radical (unpaired) electrons. The molecule has 3 aromatic rings. The van der Waals surface area contributed by atoms with Gasteiger partial charge in [0.15, 0.2) is 0 Å². The molecule has 3 rings (SSSR count). The monoisotopic (exact) mass is 427 g/mol. The summed E-state index contributed by atoms with van der Waals surface area (Å²) in [4.78, 5) is -0.144. The zero-order valence-electron chi connectivity index (χ0n) is 14.4. The van der Waals surface area contributed by atoms with Gasteiger partial charge in [0.25, 0.3) is 0 Å². The van der Waals surface area contributed by atoms with Crippen molar-refractivity contribution in [1.82, 2.24) is 14.5 Å². The number of alkyl halides is 2. The summed E-state index contributed by atoms with van der Waals surface area (Å²) >= 11 is 5.81. The van der Waals surface area contributed by atoms with E-state index in [1.807, 2.05) is 36.5 Å². The van der Waals surface area contributed by atoms with Crippen molar-refractivity contribution in [2.75, 3.05) is 0 Å². The highest BCUT2D eigenvalue weighted by atomic mass is 35.5. The molecule has 2 aromatic carbocycles. The summed E-state index contributed by atoms with van der Waals surface area (Å²) in [6, 6.07) is 12.5. The van der Waals surface area contributed by atoms with Gasteiger partial charge in [-0.3, -0.25) is 4.68 Å². The topological polar surface area (TPSA) is 73.2 Å². The minimum absolute atomic E-state index is 0.0668. The predicted octanol–water partition coefficient (Wildman–Crippen LogP) is 3.66. The van der Waals surface area contributed by atoms with Crippen LogP contribution in [0.25, 0.3) is 0 Å². The van der Waals surface area contributed by atoms with E-state index in [0.29, 0.717) is 6.54 Å². The Balaban J connectivity index is 1.63. The van der Waals surface area contributed by atoms with Crippen molar-refractivity contribution in [2.24, 2.45) is 0 Å². The van der Waals surface area contributed by atoms with E-state index < -0.39 is 16.6 Å². The van der Waals surface area contributed by atoms with Crippen LogP contribution < -0.4 is 9.46 Å². The van der Waals surface area contributed by atoms with Crippen LogP contribution in [0.5, 0.6) is 5.75 Å². The Labute approximate surface area is 165 Å². The molecule has 0 bridgehead atoms. The molecule has 1 N–H and O–H groups in total. The SMILES string of the molecule is O=S(=O)(NCc1ccc(Cn2cccn2)cc1)c1ccc(OC(F)F)c(Cl)c1. The molecule has 0 fully saturated rings. The van der Waals surface area contributed by atoms with Gasteiger partial charge in [-0.15, -0.1) is 0 Å². The van der Waals surface area contributed by atoms with Gasteiger partial charge in [-0.25, -0.2) is 13.1 Å². The van der Waals surface area contributed by atoms with Crippen molar-refractivity contribution in [2.45, 2.75) is 24.6 Å². The summed E-state index contributed by atoms with van der Waals surface area (Å²) in [7, 11) is -3.87. The van der Waals surface area contributed by atoms with Crippen LogP contribution in [-0.4, -0.2) is 24.8 Å². The molecule has 148 valence electrons. The first-order valence-electron chi connectivity index (χ1n) is 8.13. The van der Waals surface area contributed by atoms with E-state index in [-0.39, 0.29) is 22.2 Å². The number of halogens is 3. The van der Waals surface area contributed by atoms with Gasteiger partial charge in [-0.05, 0) is 35.4 Å². The summed E-state index contributed by atoms with van der Waals surface area (Å²) in [6.07, 6.45) is 3.55. The van der Waals surface area contributed by atoms with Crippen LogP contribution >= 0.6 is 11.6 Å². The second-order valence-electron chi connectivity index (χ2n) is 5.82. The molecule has 0 aliphatic carbocycles. The van der Waals surface area contributed by atoms with Crippen molar-refractivity contribution in [1.29, 1.82) is 0 Å². The number of hydrogen-bond donors (Lipinski definition) is 1. The van der Waals surface area contributed by atoms with E-state index >= 15 is 0 Å². The summed E-state index contributed by atoms with van der Waals surface area (Å²) in [5.41, 5.74) is 1.79. The zero-order valence-corrected chi connectivity index (χ0v) is 16.0. The summed E-state index contributed by atoms with van der Waals surface area (Å²) in [5, 5.41) is 3.91. The lowest BCUT2D eigenvalue weighted by atomic mass is 10.1. The number of aromatic nitrogens is 2. The molecule has 0 saturated carbocycles. The fourth-order valence-corrected chi connectivity index (χ4v) is 3.78. The number of rotatable bonds is 8. The van der Waals surface area contributed by atoms with E-state index in [1.165, 1.54) is 0 Å². The smallest absolute Gasteiger partial charge is 0.387 e. The maximum absolute atomic E-state index is 12.4. The van der Waals surface area contributed by atoms with Crippen molar-refractivity contribution < 1.29 is 21.9 Å². The first-order valence-corrected chi connectivity index (χ1v) is 9.99. The first kappa shape index (κ1) is 20.2. The molecule has 0 amide bonds. The quantitative estimate of drug-likeness (QED) is 0.595. The molecule has 1 aromatic heterocycles. The fraction of sp³-hybridized carbons (Fsp3) is 0.167. The van der Waals surface area contributed by atoms with E-state index in [4.69, 9.17) is 11.6 Å². The third-order valence-electron chi connectivity index (χ3n) is 3.82. The molecule has 0 unspecified atom stereocenters. The number of hydrogen-bond acceptors (Lipinski definition) is 4. The van der Waals surface area contributed by atoms with Gasteiger partial charge in [-0.1, -0.05) is 35.9 Å². The highest BCUT2D eigenvalue weighted by molar-refractivity contribution is 7.89. The van der Waals surface area contributed by atoms with Gasteiger partial charge in [-0.2, -0.15) is 13.9 Å². The highest BCUT2D eigenvalue weighted by Crippen LogP contribution is 2.28. The lowest BCUT2D eigenvalue weighted by Crippen LogP contribution is -2.23. The van der Waals surface area contributed by atoms with Crippen LogP contribution in [0, 0.1) is 0 Å². The Kier molecular flexibility index (Phi) is 6.28. The van der Waals surface area contributed by atoms with Crippen LogP contribution in [-0.2, 0) is 23.1 Å². The molecule has 28 heavy (non-hydrogen) atoms. The van der Waals surface area contributed by atoms with Gasteiger partial charge in [0.05, 0.1) is 16.5 Å². The highest BCUT2D eigenvalue weighted by Gasteiger charge is 2.17. The Morgan fingerprint density at radius 1 is 1.14 bits per heavy atom. The van der Waals surface area contributed by atoms with Crippen LogP contribution in [0.3, 0.4) is 0 Å². The van der Waals surface area contributed by atoms with Gasteiger partial charge in [0, 0.05) is 18.9 Å². The molecule has 0 saturated heterocycles. The minimum Gasteiger partial charge on any atom is -0.433 e. The number of nitrogens with one attached hydrogen (secondary N) is 1. The normalized spacial score (nSPS) is 11.7. The fourth-order valence-electron chi connectivity index (χ4n) is 2.45. The van der Waals surface area contributed by atoms with Crippen LogP contribution in [0.4, 0.5) is 8.78 Å². The summed E-state index contributed by atoms with van der Waals surface area (Å²) in [6.45, 7) is -2.36. The van der Waals surface area contributed by atoms with E-state index in [0.717, 1.165) is 29.3 Å². The van der Waals surface area contributed by atoms with Crippen molar-refractivity contribution in [3.63, 3.8) is 0 Å². The number of sulfonamides is 1. The van der Waals surface area contributed by atoms with Gasteiger partial charge in [0.2, 0.25) is 10.0 Å². The molecular formula is C18H16ClF2N3O3S. The lowest BCUT2D eigenvalue weighted by Gasteiger charge is -2.10. The Bertz CT molecular complexity index is 1030. The third-order valence-corrected chi connectivity index (χ3v) is 5.52. The van der Waals surface area contributed by atoms with Gasteiger partial charge in [0.1, 0.15) is 5.75 Å². The molecule has 1 heterocycles. The third kappa shape index (κ3) is 5.28. The maximum Gasteiger partial charge on any atom is 0.387 e. The molecule has 0 aliphatic rings. The second-order valence-corrected chi connectivity index (χ2v) is 7.99. The predicted molar refractivity (Wildman–Crippen MR) is 99.9 cm³/mol. The van der Waals surface area contributed by atoms with Gasteiger partial charge < -0.3 is 4.74 Å². The maximum atomic E-state index is 12.4. The van der Waals surface area contributed by atoms with Crippen molar-refractivity contribution in [3.8, 4) is 5.75 Å². The molecule has 0 spiro atoms. The summed E-state index contributed by atoms with van der Waals surface area (Å²) in [5.74, 6) is -0.289. The Hall–Kier alpha value is -2.49. The van der Waals surface area contributed by atoms with Crippen molar-refractivity contribution in [3.05, 3.63) is 77.1 Å². The van der Waals surface area contributed by atoms with Crippen LogP contribution in [0.1, 0.15) is 11.1 Å². The van der Waals surface area contributed by atoms with E-state index in [2.05, 4.69) is 14.6 Å². The Morgan fingerprint density at radius 2 is 1.86 bits per heavy atom. The number of benzene rings is 2. The summed E-state index contributed by atoms with van der Waals surface area (Å²) < 4.78 is 57.8. The van der Waals surface area contributed by atoms with E-state index in [1.54, 1.807) is 10.9 Å². The lowest BCUT2D eigenvalue weighted by molar-refractivity contribution is -0.0498. The minimum atomic E-state index is -3.87. The first-order chi connectivity index (χ1) is 13.3. The number of ether oxygens (including phenoxy) is 1. The largest absolute Gasteiger partial charge is 0.433 e. The average Bonchev–Trinajstić information content (AvgIpc) is 3.15. The molecular weight excluding hydrogens is 412 g/mol. The van der Waals surface area contributed by atoms with Crippen LogP contribution in [0.2, 0.25) is 5.02 Å². The van der Waals surface area contributed by atoms with E-state index in [9.17, 15) is 17.2 Å². The number of nitrogens with zero attached hydrogens (tertiary/aromatic N) is 2. The molecule has 0 atom stereocenters. The van der Waals surface area contributed by atoms with Crippen LogP contribution in [0.15, 0.2) is 65.8 Å². The van der Waals surface area contributed by atoms with Crippen molar-refractivity contribution >= 4 is 21.6 Å². The molecule has 6 nitrogen and oxygen atoms in total. The molecule has 10 heteroatoms. The average molecular weight is 428 g/mol. The standard InChI is InChI=1S/C18H16ClF2N3O3S/c19-16-10-15(6-7-17(16)27-18(20)21)28(25,26)23-11-13-2-4-14(5-3-13)12-24-9-1-8-22-24/h1-10,18,23H,11-12H2. The second kappa shape index (κ2) is 8.68. The van der Waals surface area contributed by atoms with Gasteiger partial charge >= 0.3 is 6.61 Å². The Morgan fingerprint density at radius 3 is 2.46 bits per heavy atom.